The lowest BCUT2D eigenvalue weighted by Crippen LogP contribution is -1.89. The lowest BCUT2D eigenvalue weighted by atomic mass is 10.6. The van der Waals surface area contributed by atoms with Crippen molar-refractivity contribution < 1.29 is 0 Å². The van der Waals surface area contributed by atoms with E-state index >= 15 is 0 Å². The topological polar surface area (TPSA) is 30.7 Å². The van der Waals surface area contributed by atoms with Crippen LogP contribution >= 0.6 is 22.9 Å². The first kappa shape index (κ1) is 6.82. The van der Waals surface area contributed by atoms with Gasteiger partial charge in [-0.05, 0) is 12.1 Å². The van der Waals surface area contributed by atoms with E-state index in [9.17, 15) is 0 Å². The van der Waals surface area contributed by atoms with Crippen LogP contribution in [-0.2, 0) is 0 Å². The molecule has 1 radical (unpaired) electrons. The van der Waals surface area contributed by atoms with Crippen LogP contribution in [0.3, 0.4) is 0 Å². The molecule has 2 aromatic rings. The fraction of sp³-hybridized carbons (Fsp3) is 0. The van der Waals surface area contributed by atoms with Crippen LogP contribution in [0.15, 0.2) is 18.3 Å². The van der Waals surface area contributed by atoms with Crippen molar-refractivity contribution in [2.24, 2.45) is 0 Å². The minimum atomic E-state index is 0.746. The van der Waals surface area contributed by atoms with Gasteiger partial charge in [0, 0.05) is 0 Å². The van der Waals surface area contributed by atoms with Gasteiger partial charge in [0.15, 0.2) is 0 Å². The van der Waals surface area contributed by atoms with Crippen molar-refractivity contribution in [2.75, 3.05) is 0 Å². The summed E-state index contributed by atoms with van der Waals surface area (Å²) in [4.78, 5) is 0. The number of thiophene rings is 1. The summed E-state index contributed by atoms with van der Waals surface area (Å²) in [7, 11) is 0. The molecule has 2 rings (SSSR count). The minimum Gasteiger partial charge on any atom is -0.210 e. The Morgan fingerprint density at radius 1 is 1.55 bits per heavy atom. The predicted octanol–water partition coefficient (Wildman–Crippen LogP) is 1.78. The summed E-state index contributed by atoms with van der Waals surface area (Å²) in [6.07, 6.45) is 4.26. The number of hydrogen-bond donors (Lipinski definition) is 0. The maximum Gasteiger partial charge on any atom is 0.135 e. The molecular weight excluding hydrogens is 182 g/mol. The number of aromatic nitrogens is 3. The molecule has 0 saturated heterocycles. The van der Waals surface area contributed by atoms with Gasteiger partial charge in [-0.25, -0.2) is 4.68 Å². The van der Waals surface area contributed by atoms with Crippen LogP contribution < -0.4 is 0 Å². The molecule has 0 unspecified atom stereocenters. The number of rotatable bonds is 1. The highest BCUT2D eigenvalue weighted by atomic mass is 35.5. The molecule has 0 fully saturated rings. The normalized spacial score (nSPS) is 10.3. The Bertz CT molecular complexity index is 340. The average Bonchev–Trinajstić information content (AvgIpc) is 2.55. The quantitative estimate of drug-likeness (QED) is 0.677. The summed E-state index contributed by atoms with van der Waals surface area (Å²) in [5.74, 6) is 0. The van der Waals surface area contributed by atoms with E-state index in [-0.39, 0.29) is 0 Å². The minimum absolute atomic E-state index is 0.746. The third-order valence-corrected chi connectivity index (χ3v) is 2.38. The third kappa shape index (κ3) is 1.27. The molecule has 0 saturated carbocycles. The molecule has 0 aliphatic heterocycles. The van der Waals surface area contributed by atoms with E-state index in [1.54, 1.807) is 10.9 Å². The van der Waals surface area contributed by atoms with Crippen molar-refractivity contribution in [3.63, 3.8) is 0 Å². The Morgan fingerprint density at radius 3 is 3.00 bits per heavy atom. The molecule has 0 amide bonds. The van der Waals surface area contributed by atoms with Crippen LogP contribution in [0.25, 0.3) is 5.00 Å². The number of nitrogens with zero attached hydrogens (tertiary/aromatic N) is 3. The summed E-state index contributed by atoms with van der Waals surface area (Å²) in [6.45, 7) is 0. The van der Waals surface area contributed by atoms with Crippen LogP contribution in [0.1, 0.15) is 0 Å². The van der Waals surface area contributed by atoms with E-state index in [1.165, 1.54) is 11.3 Å². The second-order valence-corrected chi connectivity index (χ2v) is 3.56. The molecular formula is C6H3ClN3S. The van der Waals surface area contributed by atoms with Crippen molar-refractivity contribution in [3.8, 4) is 5.00 Å². The number of halogens is 1. The summed E-state index contributed by atoms with van der Waals surface area (Å²) >= 11 is 7.18. The smallest absolute Gasteiger partial charge is 0.135 e. The molecule has 55 valence electrons. The molecule has 0 spiro atoms. The summed E-state index contributed by atoms with van der Waals surface area (Å²) in [5.41, 5.74) is 0. The van der Waals surface area contributed by atoms with Gasteiger partial charge in [0.1, 0.15) is 11.2 Å². The predicted molar refractivity (Wildman–Crippen MR) is 43.1 cm³/mol. The Labute approximate surface area is 72.2 Å². The van der Waals surface area contributed by atoms with Gasteiger partial charge >= 0.3 is 0 Å². The zero-order chi connectivity index (χ0) is 7.68. The van der Waals surface area contributed by atoms with Gasteiger partial charge in [0.05, 0.1) is 10.5 Å². The highest BCUT2D eigenvalue weighted by Crippen LogP contribution is 2.23. The van der Waals surface area contributed by atoms with Crippen molar-refractivity contribution in [2.45, 2.75) is 0 Å². The molecule has 0 aliphatic carbocycles. The molecule has 0 atom stereocenters. The second kappa shape index (κ2) is 2.64. The highest BCUT2D eigenvalue weighted by Gasteiger charge is 1.99. The first-order valence-corrected chi connectivity index (χ1v) is 4.10. The number of hydrogen-bond acceptors (Lipinski definition) is 3. The van der Waals surface area contributed by atoms with E-state index in [0.717, 1.165) is 9.34 Å². The van der Waals surface area contributed by atoms with E-state index in [4.69, 9.17) is 11.6 Å². The van der Waals surface area contributed by atoms with Crippen molar-refractivity contribution in [1.29, 1.82) is 0 Å². The first-order valence-electron chi connectivity index (χ1n) is 2.90. The zero-order valence-corrected chi connectivity index (χ0v) is 6.93. The molecule has 2 heterocycles. The van der Waals surface area contributed by atoms with Gasteiger partial charge in [0.25, 0.3) is 0 Å². The second-order valence-electron chi connectivity index (χ2n) is 1.87. The average molecular weight is 185 g/mol. The van der Waals surface area contributed by atoms with E-state index < -0.39 is 0 Å². The summed E-state index contributed by atoms with van der Waals surface area (Å²) < 4.78 is 2.37. The van der Waals surface area contributed by atoms with E-state index in [0.29, 0.717) is 0 Å². The van der Waals surface area contributed by atoms with Crippen molar-refractivity contribution in [1.82, 2.24) is 15.0 Å². The highest BCUT2D eigenvalue weighted by molar-refractivity contribution is 7.18. The summed E-state index contributed by atoms with van der Waals surface area (Å²) in [6, 6.07) is 3.71. The Hall–Kier alpha value is -0.870. The van der Waals surface area contributed by atoms with Crippen LogP contribution in [0, 0.1) is 6.20 Å². The standard InChI is InChI=1S/C6H3ClN3S/c7-5-1-2-6(11-5)10-4-3-8-9-10/h1-2,4H. The van der Waals surface area contributed by atoms with Crippen LogP contribution in [0.4, 0.5) is 0 Å². The molecule has 0 N–H and O–H groups in total. The maximum atomic E-state index is 5.72. The van der Waals surface area contributed by atoms with Crippen molar-refractivity contribution >= 4 is 22.9 Å². The molecule has 3 nitrogen and oxygen atoms in total. The van der Waals surface area contributed by atoms with E-state index in [1.807, 2.05) is 12.1 Å². The zero-order valence-electron chi connectivity index (χ0n) is 5.36. The fourth-order valence-corrected chi connectivity index (χ4v) is 1.67. The lowest BCUT2D eigenvalue weighted by molar-refractivity contribution is 0.814. The molecule has 0 aliphatic rings. The fourth-order valence-electron chi connectivity index (χ4n) is 0.716. The molecule has 0 bridgehead atoms. The maximum absolute atomic E-state index is 5.72. The monoisotopic (exact) mass is 184 g/mol. The lowest BCUT2D eigenvalue weighted by Gasteiger charge is -1.89. The SMILES string of the molecule is Clc1ccc(-n2c[c]nn2)s1. The van der Waals surface area contributed by atoms with Crippen LogP contribution in [0.2, 0.25) is 4.34 Å². The van der Waals surface area contributed by atoms with Gasteiger partial charge in [0.2, 0.25) is 0 Å². The Balaban J connectivity index is 2.45. The Kier molecular flexibility index (Phi) is 1.63. The summed E-state index contributed by atoms with van der Waals surface area (Å²) in [5, 5.41) is 8.27. The van der Waals surface area contributed by atoms with Crippen molar-refractivity contribution in [3.05, 3.63) is 28.9 Å². The third-order valence-electron chi connectivity index (χ3n) is 1.16. The molecule has 2 aromatic heterocycles. The van der Waals surface area contributed by atoms with Gasteiger partial charge < -0.3 is 0 Å². The van der Waals surface area contributed by atoms with Crippen LogP contribution in [0.5, 0.6) is 0 Å². The van der Waals surface area contributed by atoms with E-state index in [2.05, 4.69) is 16.5 Å². The van der Waals surface area contributed by atoms with Gasteiger partial charge in [-0.2, -0.15) is 0 Å². The van der Waals surface area contributed by atoms with Gasteiger partial charge in [-0.3, -0.25) is 0 Å². The van der Waals surface area contributed by atoms with Crippen LogP contribution in [-0.4, -0.2) is 15.0 Å². The van der Waals surface area contributed by atoms with Gasteiger partial charge in [-0.1, -0.05) is 16.8 Å². The largest absolute Gasteiger partial charge is 0.210 e. The Morgan fingerprint density at radius 2 is 2.45 bits per heavy atom. The molecule has 0 aromatic carbocycles. The van der Waals surface area contributed by atoms with Gasteiger partial charge in [-0.15, -0.1) is 16.4 Å². The molecule has 5 heteroatoms. The first-order chi connectivity index (χ1) is 5.36. The molecule has 11 heavy (non-hydrogen) atoms.